The topological polar surface area (TPSA) is 4.93 Å². The van der Waals surface area contributed by atoms with Crippen LogP contribution in [0.2, 0.25) is 0 Å². The highest BCUT2D eigenvalue weighted by Gasteiger charge is 2.32. The number of para-hydroxylation sites is 2. The Balaban J connectivity index is 1.72. The van der Waals surface area contributed by atoms with Crippen molar-refractivity contribution in [1.29, 1.82) is 0 Å². The standard InChI is InChI=1S/C34H32BNS/c1-21-15-23(3)33(24(4)16-21)35(34-25(5)17-22(2)18-26(34)6)29-19-37-20-32(29)36-30-13-9-7-11-27(30)28-12-8-10-14-31(28)36/h7-20H,1-6H3. The molecule has 2 heterocycles. The normalized spacial score (nSPS) is 11.5. The van der Waals surface area contributed by atoms with Crippen molar-refractivity contribution in [3.05, 3.63) is 117 Å². The Bertz CT molecular complexity index is 1650. The number of fused-ring (bicyclic) bond motifs is 3. The fourth-order valence-corrected chi connectivity index (χ4v) is 7.47. The van der Waals surface area contributed by atoms with Crippen LogP contribution in [-0.4, -0.2) is 11.3 Å². The molecule has 2 aromatic heterocycles. The molecule has 0 saturated heterocycles. The smallest absolute Gasteiger partial charge is 0.246 e. The van der Waals surface area contributed by atoms with E-state index in [0.29, 0.717) is 0 Å². The quantitative estimate of drug-likeness (QED) is 0.227. The van der Waals surface area contributed by atoms with Crippen LogP contribution in [0.15, 0.2) is 83.6 Å². The number of thiophene rings is 1. The molecule has 6 rings (SSSR count). The molecule has 0 aliphatic rings. The molecule has 6 aromatic rings. The molecule has 4 aromatic carbocycles. The van der Waals surface area contributed by atoms with Crippen molar-refractivity contribution < 1.29 is 0 Å². The van der Waals surface area contributed by atoms with Gasteiger partial charge < -0.3 is 4.57 Å². The SMILES string of the molecule is Cc1cc(C)c(B(c2cscc2-n2c3ccccc3c3ccccc32)c2c(C)cc(C)cc2C)c(C)c1. The molecular formula is C34H32BNS. The van der Waals surface area contributed by atoms with Crippen LogP contribution in [-0.2, 0) is 0 Å². The van der Waals surface area contributed by atoms with E-state index in [1.54, 1.807) is 0 Å². The molecular weight excluding hydrogens is 465 g/mol. The summed E-state index contributed by atoms with van der Waals surface area (Å²) in [7, 11) is 0. The highest BCUT2D eigenvalue weighted by molar-refractivity contribution is 7.11. The number of hydrogen-bond acceptors (Lipinski definition) is 1. The predicted molar refractivity (Wildman–Crippen MR) is 165 cm³/mol. The molecule has 0 N–H and O–H groups in total. The summed E-state index contributed by atoms with van der Waals surface area (Å²) < 4.78 is 2.49. The average molecular weight is 498 g/mol. The van der Waals surface area contributed by atoms with Gasteiger partial charge in [-0.25, -0.2) is 0 Å². The van der Waals surface area contributed by atoms with Crippen LogP contribution >= 0.6 is 11.3 Å². The first-order valence-electron chi connectivity index (χ1n) is 13.0. The van der Waals surface area contributed by atoms with E-state index in [-0.39, 0.29) is 6.71 Å². The summed E-state index contributed by atoms with van der Waals surface area (Å²) in [6.45, 7) is 13.7. The van der Waals surface area contributed by atoms with Crippen molar-refractivity contribution in [2.24, 2.45) is 0 Å². The first-order valence-corrected chi connectivity index (χ1v) is 14.0. The second-order valence-electron chi connectivity index (χ2n) is 10.6. The van der Waals surface area contributed by atoms with E-state index in [1.165, 1.54) is 77.3 Å². The summed E-state index contributed by atoms with van der Waals surface area (Å²) in [5.41, 5.74) is 16.1. The highest BCUT2D eigenvalue weighted by atomic mass is 32.1. The van der Waals surface area contributed by atoms with Gasteiger partial charge in [0, 0.05) is 16.2 Å². The number of aryl methyl sites for hydroxylation is 6. The Morgan fingerprint density at radius 1 is 0.568 bits per heavy atom. The van der Waals surface area contributed by atoms with Crippen LogP contribution in [0.1, 0.15) is 33.4 Å². The third kappa shape index (κ3) is 3.84. The van der Waals surface area contributed by atoms with Crippen LogP contribution in [0.4, 0.5) is 0 Å². The van der Waals surface area contributed by atoms with E-state index in [0.717, 1.165) is 0 Å². The Kier molecular flexibility index (Phi) is 5.84. The number of hydrogen-bond donors (Lipinski definition) is 0. The van der Waals surface area contributed by atoms with Crippen LogP contribution in [0.3, 0.4) is 0 Å². The maximum atomic E-state index is 2.49. The third-order valence-corrected chi connectivity index (χ3v) is 8.61. The molecule has 0 unspecified atom stereocenters. The molecule has 0 bridgehead atoms. The van der Waals surface area contributed by atoms with Crippen molar-refractivity contribution in [2.45, 2.75) is 41.5 Å². The van der Waals surface area contributed by atoms with E-state index >= 15 is 0 Å². The predicted octanol–water partition coefficient (Wildman–Crippen LogP) is 7.21. The zero-order valence-corrected chi connectivity index (χ0v) is 23.3. The zero-order chi connectivity index (χ0) is 25.8. The second-order valence-corrected chi connectivity index (χ2v) is 11.4. The summed E-state index contributed by atoms with van der Waals surface area (Å²) in [4.78, 5) is 0. The van der Waals surface area contributed by atoms with Gasteiger partial charge in [-0.2, -0.15) is 11.3 Å². The van der Waals surface area contributed by atoms with Crippen molar-refractivity contribution in [1.82, 2.24) is 4.57 Å². The summed E-state index contributed by atoms with van der Waals surface area (Å²) in [6, 6.07) is 27.0. The van der Waals surface area contributed by atoms with Crippen molar-refractivity contribution in [3.63, 3.8) is 0 Å². The molecule has 0 aliphatic heterocycles. The minimum Gasteiger partial charge on any atom is -0.309 e. The Morgan fingerprint density at radius 3 is 1.46 bits per heavy atom. The maximum absolute atomic E-state index is 2.49. The first kappa shape index (κ1) is 23.8. The number of benzene rings is 4. The maximum Gasteiger partial charge on any atom is 0.246 e. The monoisotopic (exact) mass is 497 g/mol. The number of rotatable bonds is 4. The largest absolute Gasteiger partial charge is 0.309 e. The van der Waals surface area contributed by atoms with Gasteiger partial charge in [0.15, 0.2) is 0 Å². The van der Waals surface area contributed by atoms with E-state index in [2.05, 4.69) is 130 Å². The summed E-state index contributed by atoms with van der Waals surface area (Å²) in [5, 5.41) is 7.34. The van der Waals surface area contributed by atoms with Gasteiger partial charge >= 0.3 is 0 Å². The lowest BCUT2D eigenvalue weighted by atomic mass is 9.34. The molecule has 0 radical (unpaired) electrons. The van der Waals surface area contributed by atoms with E-state index in [9.17, 15) is 0 Å². The lowest BCUT2D eigenvalue weighted by Crippen LogP contribution is -2.56. The molecule has 0 saturated carbocycles. The van der Waals surface area contributed by atoms with Crippen molar-refractivity contribution >= 4 is 56.2 Å². The highest BCUT2D eigenvalue weighted by Crippen LogP contribution is 2.32. The first-order chi connectivity index (χ1) is 17.8. The second kappa shape index (κ2) is 9.08. The van der Waals surface area contributed by atoms with Gasteiger partial charge in [0.05, 0.1) is 16.7 Å². The number of nitrogens with zero attached hydrogens (tertiary/aromatic N) is 1. The van der Waals surface area contributed by atoms with Crippen molar-refractivity contribution in [3.8, 4) is 5.69 Å². The Hall–Kier alpha value is -3.56. The van der Waals surface area contributed by atoms with Gasteiger partial charge in [0.25, 0.3) is 0 Å². The van der Waals surface area contributed by atoms with Crippen molar-refractivity contribution in [2.75, 3.05) is 0 Å². The van der Waals surface area contributed by atoms with Crippen LogP contribution in [0.5, 0.6) is 0 Å². The number of aromatic nitrogens is 1. The van der Waals surface area contributed by atoms with Gasteiger partial charge in [-0.3, -0.25) is 0 Å². The summed E-state index contributed by atoms with van der Waals surface area (Å²) in [6.07, 6.45) is 0. The van der Waals surface area contributed by atoms with E-state index in [1.807, 2.05) is 11.3 Å². The fourth-order valence-electron chi connectivity index (χ4n) is 6.63. The van der Waals surface area contributed by atoms with Gasteiger partial charge in [0.2, 0.25) is 6.71 Å². The average Bonchev–Trinajstić information content (AvgIpc) is 3.44. The Morgan fingerprint density at radius 2 is 1.00 bits per heavy atom. The minimum atomic E-state index is 0.155. The molecule has 0 atom stereocenters. The van der Waals surface area contributed by atoms with Crippen LogP contribution in [0.25, 0.3) is 27.5 Å². The third-order valence-electron chi connectivity index (χ3n) is 7.86. The molecule has 37 heavy (non-hydrogen) atoms. The van der Waals surface area contributed by atoms with Crippen LogP contribution in [0, 0.1) is 41.5 Å². The minimum absolute atomic E-state index is 0.155. The Labute approximate surface area is 224 Å². The van der Waals surface area contributed by atoms with E-state index < -0.39 is 0 Å². The summed E-state index contributed by atoms with van der Waals surface area (Å²) in [5.74, 6) is 0. The molecule has 0 aliphatic carbocycles. The summed E-state index contributed by atoms with van der Waals surface area (Å²) >= 11 is 1.81. The molecule has 1 nitrogen and oxygen atoms in total. The molecule has 182 valence electrons. The van der Waals surface area contributed by atoms with Crippen LogP contribution < -0.4 is 16.4 Å². The lowest BCUT2D eigenvalue weighted by Gasteiger charge is -2.25. The van der Waals surface area contributed by atoms with Gasteiger partial charge in [-0.1, -0.05) is 105 Å². The zero-order valence-electron chi connectivity index (χ0n) is 22.5. The van der Waals surface area contributed by atoms with E-state index in [4.69, 9.17) is 0 Å². The molecule has 3 heteroatoms. The molecule has 0 fully saturated rings. The molecule has 0 spiro atoms. The lowest BCUT2D eigenvalue weighted by molar-refractivity contribution is 1.20. The van der Waals surface area contributed by atoms with Gasteiger partial charge in [-0.05, 0) is 64.5 Å². The fraction of sp³-hybridized carbons (Fsp3) is 0.176. The van der Waals surface area contributed by atoms with Gasteiger partial charge in [-0.15, -0.1) is 0 Å². The van der Waals surface area contributed by atoms with Gasteiger partial charge in [0.1, 0.15) is 0 Å². The molecule has 0 amide bonds.